The zero-order valence-electron chi connectivity index (χ0n) is 12.0. The molecule has 0 aliphatic heterocycles. The zero-order chi connectivity index (χ0) is 12.4. The molecule has 0 spiro atoms. The molecule has 1 atom stereocenters. The van der Waals surface area contributed by atoms with Gasteiger partial charge in [0, 0.05) is 6.61 Å². The fourth-order valence-electron chi connectivity index (χ4n) is 2.15. The first-order valence-electron chi connectivity index (χ1n) is 7.06. The largest absolute Gasteiger partial charge is 0.417 e. The minimum absolute atomic E-state index is 0.478. The van der Waals surface area contributed by atoms with Crippen LogP contribution in [0.3, 0.4) is 0 Å². The summed E-state index contributed by atoms with van der Waals surface area (Å²) < 4.78 is 5.74. The normalized spacial score (nSPS) is 13.7. The Labute approximate surface area is 105 Å². The summed E-state index contributed by atoms with van der Waals surface area (Å²) in [6, 6.07) is 0. The Morgan fingerprint density at radius 1 is 0.812 bits per heavy atom. The van der Waals surface area contributed by atoms with Crippen molar-refractivity contribution in [3.63, 3.8) is 0 Å². The van der Waals surface area contributed by atoms with Gasteiger partial charge in [-0.1, -0.05) is 52.9 Å². The van der Waals surface area contributed by atoms with Crippen LogP contribution in [0.15, 0.2) is 0 Å². The number of rotatable bonds is 10. The van der Waals surface area contributed by atoms with Crippen molar-refractivity contribution in [1.29, 1.82) is 0 Å². The van der Waals surface area contributed by atoms with Crippen LogP contribution >= 0.6 is 0 Å². The molecule has 0 aliphatic carbocycles. The quantitative estimate of drug-likeness (QED) is 0.497. The minimum atomic E-state index is -0.478. The first-order valence-corrected chi connectivity index (χ1v) is 9.47. The zero-order valence-corrected chi connectivity index (χ0v) is 13.0. The lowest BCUT2D eigenvalue weighted by Gasteiger charge is -2.19. The highest BCUT2D eigenvalue weighted by molar-refractivity contribution is 6.48. The van der Waals surface area contributed by atoms with E-state index in [2.05, 4.69) is 33.9 Å². The van der Waals surface area contributed by atoms with Crippen molar-refractivity contribution in [2.75, 3.05) is 6.61 Å². The van der Waals surface area contributed by atoms with Crippen molar-refractivity contribution in [2.45, 2.75) is 72.4 Å². The van der Waals surface area contributed by atoms with E-state index in [4.69, 9.17) is 4.43 Å². The standard InChI is InChI=1S/C14H31OSi/c1-6-13(7-2)9-10-14(8-3)11-12-15-16(4)5/h13-14H,6-12H2,1-5H3. The predicted octanol–water partition coefficient (Wildman–Crippen LogP) is 4.89. The first kappa shape index (κ1) is 16.2. The molecule has 2 heteroatoms. The Balaban J connectivity index is 3.65. The van der Waals surface area contributed by atoms with Gasteiger partial charge < -0.3 is 4.43 Å². The Morgan fingerprint density at radius 2 is 1.31 bits per heavy atom. The summed E-state index contributed by atoms with van der Waals surface area (Å²) in [5.41, 5.74) is 0. The lowest BCUT2D eigenvalue weighted by Crippen LogP contribution is -2.12. The maximum Gasteiger partial charge on any atom is 0.204 e. The van der Waals surface area contributed by atoms with E-state index < -0.39 is 9.04 Å². The van der Waals surface area contributed by atoms with Gasteiger partial charge >= 0.3 is 0 Å². The minimum Gasteiger partial charge on any atom is -0.417 e. The van der Waals surface area contributed by atoms with Crippen molar-refractivity contribution < 1.29 is 4.43 Å². The van der Waals surface area contributed by atoms with Crippen molar-refractivity contribution >= 4 is 9.04 Å². The van der Waals surface area contributed by atoms with Crippen LogP contribution in [0.5, 0.6) is 0 Å². The van der Waals surface area contributed by atoms with Gasteiger partial charge in [-0.3, -0.25) is 0 Å². The van der Waals surface area contributed by atoms with Gasteiger partial charge in [0.05, 0.1) is 0 Å². The lowest BCUT2D eigenvalue weighted by molar-refractivity contribution is 0.262. The second kappa shape index (κ2) is 10.3. The third-order valence-electron chi connectivity index (χ3n) is 3.63. The SMILES string of the molecule is CCC(CC)CCC(CC)CCO[Si](C)C. The molecule has 0 rings (SSSR count). The van der Waals surface area contributed by atoms with Gasteiger partial charge in [0.25, 0.3) is 0 Å². The number of hydrogen-bond donors (Lipinski definition) is 0. The van der Waals surface area contributed by atoms with E-state index in [1.54, 1.807) is 0 Å². The van der Waals surface area contributed by atoms with Crippen molar-refractivity contribution in [3.05, 3.63) is 0 Å². The second-order valence-corrected chi connectivity index (χ2v) is 7.18. The molecule has 0 aromatic carbocycles. The van der Waals surface area contributed by atoms with Crippen molar-refractivity contribution in [1.82, 2.24) is 0 Å². The average molecular weight is 243 g/mol. The Morgan fingerprint density at radius 3 is 1.75 bits per heavy atom. The monoisotopic (exact) mass is 243 g/mol. The molecular weight excluding hydrogens is 212 g/mol. The molecule has 0 saturated heterocycles. The first-order chi connectivity index (χ1) is 7.63. The van der Waals surface area contributed by atoms with Crippen LogP contribution in [0.4, 0.5) is 0 Å². The fraction of sp³-hybridized carbons (Fsp3) is 1.00. The molecule has 1 unspecified atom stereocenters. The summed E-state index contributed by atoms with van der Waals surface area (Å²) in [4.78, 5) is 0. The molecule has 97 valence electrons. The van der Waals surface area contributed by atoms with E-state index in [9.17, 15) is 0 Å². The van der Waals surface area contributed by atoms with E-state index in [-0.39, 0.29) is 0 Å². The molecule has 0 heterocycles. The summed E-state index contributed by atoms with van der Waals surface area (Å²) in [7, 11) is -0.478. The third-order valence-corrected chi connectivity index (χ3v) is 4.41. The smallest absolute Gasteiger partial charge is 0.204 e. The molecule has 0 amide bonds. The summed E-state index contributed by atoms with van der Waals surface area (Å²) >= 11 is 0. The predicted molar refractivity (Wildman–Crippen MR) is 75.1 cm³/mol. The number of hydrogen-bond acceptors (Lipinski definition) is 1. The van der Waals surface area contributed by atoms with Gasteiger partial charge in [0.15, 0.2) is 0 Å². The van der Waals surface area contributed by atoms with E-state index in [0.717, 1.165) is 18.4 Å². The second-order valence-electron chi connectivity index (χ2n) is 5.08. The van der Waals surface area contributed by atoms with Crippen LogP contribution in [0.25, 0.3) is 0 Å². The van der Waals surface area contributed by atoms with E-state index in [1.165, 1.54) is 38.5 Å². The topological polar surface area (TPSA) is 9.23 Å². The van der Waals surface area contributed by atoms with E-state index in [0.29, 0.717) is 0 Å². The molecule has 1 nitrogen and oxygen atoms in total. The molecular formula is C14H31OSi. The van der Waals surface area contributed by atoms with Crippen LogP contribution in [-0.4, -0.2) is 15.6 Å². The molecule has 0 aromatic heterocycles. The van der Waals surface area contributed by atoms with Crippen LogP contribution in [0, 0.1) is 11.8 Å². The van der Waals surface area contributed by atoms with Gasteiger partial charge in [-0.05, 0) is 31.4 Å². The maximum absolute atomic E-state index is 5.74. The lowest BCUT2D eigenvalue weighted by atomic mass is 9.89. The van der Waals surface area contributed by atoms with Crippen LogP contribution in [-0.2, 0) is 4.43 Å². The molecule has 0 fully saturated rings. The highest BCUT2D eigenvalue weighted by Crippen LogP contribution is 2.22. The third kappa shape index (κ3) is 8.34. The maximum atomic E-state index is 5.74. The van der Waals surface area contributed by atoms with Gasteiger partial charge in [0.2, 0.25) is 9.04 Å². The van der Waals surface area contributed by atoms with Crippen LogP contribution in [0.1, 0.15) is 59.3 Å². The highest BCUT2D eigenvalue weighted by atomic mass is 28.3. The van der Waals surface area contributed by atoms with Crippen LogP contribution < -0.4 is 0 Å². The molecule has 16 heavy (non-hydrogen) atoms. The Bertz CT molecular complexity index is 144. The molecule has 0 N–H and O–H groups in total. The summed E-state index contributed by atoms with van der Waals surface area (Å²) in [6.45, 7) is 12.4. The fourth-order valence-corrected chi connectivity index (χ4v) is 2.68. The molecule has 0 bridgehead atoms. The highest BCUT2D eigenvalue weighted by Gasteiger charge is 2.10. The molecule has 0 aromatic rings. The summed E-state index contributed by atoms with van der Waals surface area (Å²) in [6.07, 6.45) is 8.11. The summed E-state index contributed by atoms with van der Waals surface area (Å²) in [5, 5.41) is 0. The van der Waals surface area contributed by atoms with Gasteiger partial charge in [-0.25, -0.2) is 0 Å². The molecule has 0 saturated carbocycles. The summed E-state index contributed by atoms with van der Waals surface area (Å²) in [5.74, 6) is 1.84. The van der Waals surface area contributed by atoms with Gasteiger partial charge in [0.1, 0.15) is 0 Å². The van der Waals surface area contributed by atoms with Crippen molar-refractivity contribution in [3.8, 4) is 0 Å². The Kier molecular flexibility index (Phi) is 10.5. The molecule has 1 radical (unpaired) electrons. The van der Waals surface area contributed by atoms with Crippen molar-refractivity contribution in [2.24, 2.45) is 11.8 Å². The van der Waals surface area contributed by atoms with Gasteiger partial charge in [-0.2, -0.15) is 0 Å². The average Bonchev–Trinajstić information content (AvgIpc) is 2.27. The van der Waals surface area contributed by atoms with Crippen LogP contribution in [0.2, 0.25) is 13.1 Å². The molecule has 0 aliphatic rings. The van der Waals surface area contributed by atoms with Gasteiger partial charge in [-0.15, -0.1) is 0 Å². The Hall–Kier alpha value is 0.177. The van der Waals surface area contributed by atoms with E-state index >= 15 is 0 Å². The van der Waals surface area contributed by atoms with E-state index in [1.807, 2.05) is 0 Å².